The van der Waals surface area contributed by atoms with Crippen molar-refractivity contribution in [2.24, 2.45) is 0 Å². The van der Waals surface area contributed by atoms with Gasteiger partial charge in [0, 0.05) is 16.0 Å². The summed E-state index contributed by atoms with van der Waals surface area (Å²) in [6.45, 7) is 2.08. The fourth-order valence-corrected chi connectivity index (χ4v) is 2.24. The molecule has 0 aliphatic heterocycles. The SMILES string of the molecule is Cc1cccc(Sc2ccncc2N)c1. The Morgan fingerprint density at radius 2 is 2.13 bits per heavy atom. The van der Waals surface area contributed by atoms with E-state index >= 15 is 0 Å². The van der Waals surface area contributed by atoms with Gasteiger partial charge >= 0.3 is 0 Å². The first-order valence-corrected chi connectivity index (χ1v) is 5.51. The van der Waals surface area contributed by atoms with Gasteiger partial charge < -0.3 is 5.73 Å². The van der Waals surface area contributed by atoms with Crippen LogP contribution in [0.3, 0.4) is 0 Å². The second-order valence-corrected chi connectivity index (χ2v) is 4.45. The number of benzene rings is 1. The summed E-state index contributed by atoms with van der Waals surface area (Å²) < 4.78 is 0. The molecule has 1 aromatic carbocycles. The molecule has 0 bridgehead atoms. The largest absolute Gasteiger partial charge is 0.397 e. The molecule has 0 spiro atoms. The van der Waals surface area contributed by atoms with Crippen LogP contribution in [0.25, 0.3) is 0 Å². The minimum atomic E-state index is 0.726. The van der Waals surface area contributed by atoms with Crippen molar-refractivity contribution in [3.8, 4) is 0 Å². The Morgan fingerprint density at radius 1 is 1.27 bits per heavy atom. The molecule has 76 valence electrons. The first-order valence-electron chi connectivity index (χ1n) is 4.70. The Bertz CT molecular complexity index is 469. The number of pyridine rings is 1. The van der Waals surface area contributed by atoms with Crippen molar-refractivity contribution in [1.29, 1.82) is 0 Å². The van der Waals surface area contributed by atoms with Gasteiger partial charge in [0.15, 0.2) is 0 Å². The molecule has 15 heavy (non-hydrogen) atoms. The van der Waals surface area contributed by atoms with E-state index in [-0.39, 0.29) is 0 Å². The smallest absolute Gasteiger partial charge is 0.0642 e. The standard InChI is InChI=1S/C12H12N2S/c1-9-3-2-4-10(7-9)15-12-5-6-14-8-11(12)13/h2-8H,13H2,1H3. The van der Waals surface area contributed by atoms with E-state index in [0.29, 0.717) is 0 Å². The third-order valence-electron chi connectivity index (χ3n) is 2.03. The zero-order valence-electron chi connectivity index (χ0n) is 8.47. The minimum absolute atomic E-state index is 0.726. The number of nitrogen functional groups attached to an aromatic ring is 1. The Kier molecular flexibility index (Phi) is 2.92. The number of nitrogens with two attached hydrogens (primary N) is 1. The predicted octanol–water partition coefficient (Wildman–Crippen LogP) is 3.12. The molecule has 1 aromatic heterocycles. The van der Waals surface area contributed by atoms with E-state index in [2.05, 4.69) is 36.2 Å². The quantitative estimate of drug-likeness (QED) is 0.838. The van der Waals surface area contributed by atoms with Crippen LogP contribution in [0, 0.1) is 6.92 Å². The topological polar surface area (TPSA) is 38.9 Å². The van der Waals surface area contributed by atoms with Gasteiger partial charge in [-0.05, 0) is 25.1 Å². The lowest BCUT2D eigenvalue weighted by Gasteiger charge is -2.04. The number of aromatic nitrogens is 1. The number of aryl methyl sites for hydroxylation is 1. The predicted molar refractivity (Wildman–Crippen MR) is 64.0 cm³/mol. The highest BCUT2D eigenvalue weighted by Gasteiger charge is 2.00. The third-order valence-corrected chi connectivity index (χ3v) is 3.11. The number of nitrogens with zero attached hydrogens (tertiary/aromatic N) is 1. The third kappa shape index (κ3) is 2.50. The van der Waals surface area contributed by atoms with Crippen LogP contribution in [0.4, 0.5) is 5.69 Å². The van der Waals surface area contributed by atoms with Gasteiger partial charge in [-0.25, -0.2) is 0 Å². The summed E-state index contributed by atoms with van der Waals surface area (Å²) >= 11 is 1.66. The summed E-state index contributed by atoms with van der Waals surface area (Å²) in [4.78, 5) is 6.22. The molecule has 2 nitrogen and oxygen atoms in total. The highest BCUT2D eigenvalue weighted by atomic mass is 32.2. The zero-order chi connectivity index (χ0) is 10.7. The normalized spacial score (nSPS) is 10.2. The Labute approximate surface area is 93.5 Å². The van der Waals surface area contributed by atoms with E-state index in [1.165, 1.54) is 10.5 Å². The lowest BCUT2D eigenvalue weighted by molar-refractivity contribution is 1.26. The Morgan fingerprint density at radius 3 is 2.87 bits per heavy atom. The van der Waals surface area contributed by atoms with Crippen LogP contribution in [0.2, 0.25) is 0 Å². The van der Waals surface area contributed by atoms with Crippen LogP contribution < -0.4 is 5.73 Å². The lowest BCUT2D eigenvalue weighted by atomic mass is 10.2. The summed E-state index contributed by atoms with van der Waals surface area (Å²) in [5, 5.41) is 0. The maximum Gasteiger partial charge on any atom is 0.0642 e. The van der Waals surface area contributed by atoms with Gasteiger partial charge in [-0.1, -0.05) is 29.5 Å². The molecule has 2 aromatic rings. The molecule has 0 saturated heterocycles. The van der Waals surface area contributed by atoms with E-state index < -0.39 is 0 Å². The van der Waals surface area contributed by atoms with Crippen LogP contribution >= 0.6 is 11.8 Å². The molecule has 2 rings (SSSR count). The molecule has 3 heteroatoms. The number of rotatable bonds is 2. The summed E-state index contributed by atoms with van der Waals surface area (Å²) in [5.74, 6) is 0. The van der Waals surface area contributed by atoms with E-state index in [1.807, 2.05) is 6.07 Å². The first-order chi connectivity index (χ1) is 7.25. The number of hydrogen-bond donors (Lipinski definition) is 1. The maximum atomic E-state index is 5.82. The summed E-state index contributed by atoms with van der Waals surface area (Å²) in [6, 6.07) is 10.3. The average Bonchev–Trinajstić information content (AvgIpc) is 2.22. The van der Waals surface area contributed by atoms with Gasteiger partial charge in [-0.3, -0.25) is 4.98 Å². The van der Waals surface area contributed by atoms with Crippen molar-refractivity contribution in [2.75, 3.05) is 5.73 Å². The zero-order valence-corrected chi connectivity index (χ0v) is 9.29. The van der Waals surface area contributed by atoms with Gasteiger partial charge in [-0.15, -0.1) is 0 Å². The second kappa shape index (κ2) is 4.36. The average molecular weight is 216 g/mol. The van der Waals surface area contributed by atoms with Crippen LogP contribution in [0.1, 0.15) is 5.56 Å². The number of anilines is 1. The molecule has 0 aliphatic rings. The van der Waals surface area contributed by atoms with Crippen molar-refractivity contribution in [3.63, 3.8) is 0 Å². The van der Waals surface area contributed by atoms with Crippen LogP contribution in [0.5, 0.6) is 0 Å². The first kappa shape index (κ1) is 10.1. The molecule has 0 atom stereocenters. The maximum absolute atomic E-state index is 5.82. The molecule has 0 fully saturated rings. The Hall–Kier alpha value is -1.48. The minimum Gasteiger partial charge on any atom is -0.397 e. The van der Waals surface area contributed by atoms with Crippen molar-refractivity contribution in [3.05, 3.63) is 48.3 Å². The molecule has 0 unspecified atom stereocenters. The van der Waals surface area contributed by atoms with E-state index in [1.54, 1.807) is 24.2 Å². The van der Waals surface area contributed by atoms with Gasteiger partial charge in [-0.2, -0.15) is 0 Å². The molecule has 0 amide bonds. The van der Waals surface area contributed by atoms with Gasteiger partial charge in [0.1, 0.15) is 0 Å². The van der Waals surface area contributed by atoms with Crippen LogP contribution in [0.15, 0.2) is 52.5 Å². The fourth-order valence-electron chi connectivity index (χ4n) is 1.29. The fraction of sp³-hybridized carbons (Fsp3) is 0.0833. The molecule has 0 saturated carbocycles. The second-order valence-electron chi connectivity index (χ2n) is 3.33. The molecule has 1 heterocycles. The van der Waals surface area contributed by atoms with Crippen LogP contribution in [-0.2, 0) is 0 Å². The molecule has 2 N–H and O–H groups in total. The van der Waals surface area contributed by atoms with Gasteiger partial charge in [0.05, 0.1) is 11.9 Å². The highest BCUT2D eigenvalue weighted by Crippen LogP contribution is 2.31. The van der Waals surface area contributed by atoms with Crippen molar-refractivity contribution in [1.82, 2.24) is 4.98 Å². The van der Waals surface area contributed by atoms with Crippen molar-refractivity contribution in [2.45, 2.75) is 16.7 Å². The van der Waals surface area contributed by atoms with Gasteiger partial charge in [0.2, 0.25) is 0 Å². The van der Waals surface area contributed by atoms with Gasteiger partial charge in [0.25, 0.3) is 0 Å². The lowest BCUT2D eigenvalue weighted by Crippen LogP contribution is -1.88. The van der Waals surface area contributed by atoms with Crippen molar-refractivity contribution < 1.29 is 0 Å². The highest BCUT2D eigenvalue weighted by molar-refractivity contribution is 7.99. The van der Waals surface area contributed by atoms with E-state index in [4.69, 9.17) is 5.73 Å². The van der Waals surface area contributed by atoms with E-state index in [9.17, 15) is 0 Å². The molecular formula is C12H12N2S. The van der Waals surface area contributed by atoms with Crippen molar-refractivity contribution >= 4 is 17.4 Å². The Balaban J connectivity index is 2.26. The number of hydrogen-bond acceptors (Lipinski definition) is 3. The molecule has 0 radical (unpaired) electrons. The van der Waals surface area contributed by atoms with Crippen LogP contribution in [-0.4, -0.2) is 4.98 Å². The summed E-state index contributed by atoms with van der Waals surface area (Å²) in [6.07, 6.45) is 3.44. The molecular weight excluding hydrogens is 204 g/mol. The summed E-state index contributed by atoms with van der Waals surface area (Å²) in [5.41, 5.74) is 7.81. The molecule has 0 aliphatic carbocycles. The van der Waals surface area contributed by atoms with E-state index in [0.717, 1.165) is 10.6 Å². The monoisotopic (exact) mass is 216 g/mol. The summed E-state index contributed by atoms with van der Waals surface area (Å²) in [7, 11) is 0.